The molecule has 1 aliphatic carbocycles. The Morgan fingerprint density at radius 3 is 2.67 bits per heavy atom. The molecule has 15 heavy (non-hydrogen) atoms. The van der Waals surface area contributed by atoms with Crippen LogP contribution in [0.4, 0.5) is 0 Å². The Balaban J connectivity index is 1.92. The van der Waals surface area contributed by atoms with Crippen molar-refractivity contribution in [2.75, 3.05) is 0 Å². The van der Waals surface area contributed by atoms with Crippen molar-refractivity contribution in [3.05, 3.63) is 35.9 Å². The highest BCUT2D eigenvalue weighted by molar-refractivity contribution is 5.80. The zero-order chi connectivity index (χ0) is 10.7. The van der Waals surface area contributed by atoms with E-state index in [9.17, 15) is 4.79 Å². The Hall–Kier alpha value is -1.11. The third-order valence-electron chi connectivity index (χ3n) is 3.40. The Labute approximate surface area is 91.5 Å². The van der Waals surface area contributed by atoms with Crippen LogP contribution in [-0.4, -0.2) is 5.78 Å². The lowest BCUT2D eigenvalue weighted by Gasteiger charge is -2.15. The number of Topliss-reactive ketones (excluding diaryl/α,β-unsaturated/α-hetero) is 1. The Kier molecular flexibility index (Phi) is 3.20. The summed E-state index contributed by atoms with van der Waals surface area (Å²) < 4.78 is 0. The number of hydrogen-bond donors (Lipinski definition) is 0. The normalized spacial score (nSPS) is 23.0. The van der Waals surface area contributed by atoms with Crippen molar-refractivity contribution in [3.8, 4) is 0 Å². The van der Waals surface area contributed by atoms with Crippen LogP contribution in [0.3, 0.4) is 0 Å². The first-order valence-electron chi connectivity index (χ1n) is 5.82. The molecule has 1 nitrogen and oxygen atoms in total. The van der Waals surface area contributed by atoms with Gasteiger partial charge in [-0.2, -0.15) is 0 Å². The molecule has 0 radical (unpaired) electrons. The summed E-state index contributed by atoms with van der Waals surface area (Å²) in [4.78, 5) is 11.2. The quantitative estimate of drug-likeness (QED) is 0.732. The molecule has 0 aromatic heterocycles. The van der Waals surface area contributed by atoms with Crippen molar-refractivity contribution >= 4 is 5.78 Å². The van der Waals surface area contributed by atoms with Gasteiger partial charge in [-0.15, -0.1) is 0 Å². The van der Waals surface area contributed by atoms with Crippen LogP contribution in [0.1, 0.15) is 44.1 Å². The van der Waals surface area contributed by atoms with E-state index in [-0.39, 0.29) is 0 Å². The number of hydrogen-bond acceptors (Lipinski definition) is 1. The maximum atomic E-state index is 11.2. The van der Waals surface area contributed by atoms with Gasteiger partial charge >= 0.3 is 0 Å². The lowest BCUT2D eigenvalue weighted by atomic mass is 9.89. The summed E-state index contributed by atoms with van der Waals surface area (Å²) >= 11 is 0. The van der Waals surface area contributed by atoms with Crippen molar-refractivity contribution in [2.45, 2.75) is 38.5 Å². The lowest BCUT2D eigenvalue weighted by Crippen LogP contribution is -2.02. The molecule has 1 saturated carbocycles. The smallest absolute Gasteiger partial charge is 0.133 e. The summed E-state index contributed by atoms with van der Waals surface area (Å²) in [5, 5.41) is 0. The SMILES string of the molecule is CC(CC1CCC(=O)C1)c1ccccc1. The molecule has 80 valence electrons. The molecule has 0 saturated heterocycles. The number of carbonyl (C=O) groups is 1. The first-order valence-corrected chi connectivity index (χ1v) is 5.82. The van der Waals surface area contributed by atoms with E-state index in [0.717, 1.165) is 25.7 Å². The van der Waals surface area contributed by atoms with E-state index in [1.54, 1.807) is 0 Å². The summed E-state index contributed by atoms with van der Waals surface area (Å²) in [7, 11) is 0. The van der Waals surface area contributed by atoms with Gasteiger partial charge < -0.3 is 0 Å². The zero-order valence-electron chi connectivity index (χ0n) is 9.28. The van der Waals surface area contributed by atoms with Crippen LogP contribution in [0.15, 0.2) is 30.3 Å². The number of rotatable bonds is 3. The average Bonchev–Trinajstić information content (AvgIpc) is 2.65. The summed E-state index contributed by atoms with van der Waals surface area (Å²) in [5.41, 5.74) is 1.40. The Morgan fingerprint density at radius 2 is 2.07 bits per heavy atom. The standard InChI is InChI=1S/C14H18O/c1-11(13-5-3-2-4-6-13)9-12-7-8-14(15)10-12/h2-6,11-12H,7-10H2,1H3. The molecule has 1 aliphatic rings. The van der Waals surface area contributed by atoms with Crippen LogP contribution < -0.4 is 0 Å². The predicted octanol–water partition coefficient (Wildman–Crippen LogP) is 3.55. The number of ketones is 1. The van der Waals surface area contributed by atoms with E-state index in [0.29, 0.717) is 17.6 Å². The fourth-order valence-electron chi connectivity index (χ4n) is 2.51. The molecular formula is C14H18O. The molecule has 1 aromatic rings. The topological polar surface area (TPSA) is 17.1 Å². The highest BCUT2D eigenvalue weighted by Gasteiger charge is 2.23. The Morgan fingerprint density at radius 1 is 1.33 bits per heavy atom. The molecule has 0 spiro atoms. The second-order valence-electron chi connectivity index (χ2n) is 4.69. The predicted molar refractivity (Wildman–Crippen MR) is 61.8 cm³/mol. The summed E-state index contributed by atoms with van der Waals surface area (Å²) in [6.07, 6.45) is 3.90. The molecule has 0 heterocycles. The van der Waals surface area contributed by atoms with Gasteiger partial charge in [-0.3, -0.25) is 4.79 Å². The molecular weight excluding hydrogens is 184 g/mol. The molecule has 2 atom stereocenters. The van der Waals surface area contributed by atoms with Gasteiger partial charge in [0, 0.05) is 12.8 Å². The van der Waals surface area contributed by atoms with Crippen molar-refractivity contribution < 1.29 is 4.79 Å². The number of benzene rings is 1. The molecule has 1 fully saturated rings. The van der Waals surface area contributed by atoms with E-state index >= 15 is 0 Å². The van der Waals surface area contributed by atoms with Gasteiger partial charge in [-0.25, -0.2) is 0 Å². The van der Waals surface area contributed by atoms with E-state index in [2.05, 4.69) is 37.3 Å². The highest BCUT2D eigenvalue weighted by atomic mass is 16.1. The second-order valence-corrected chi connectivity index (χ2v) is 4.69. The zero-order valence-corrected chi connectivity index (χ0v) is 9.28. The van der Waals surface area contributed by atoms with Crippen LogP contribution in [0, 0.1) is 5.92 Å². The maximum Gasteiger partial charge on any atom is 0.133 e. The van der Waals surface area contributed by atoms with Gasteiger partial charge in [-0.05, 0) is 30.2 Å². The van der Waals surface area contributed by atoms with Gasteiger partial charge in [0.25, 0.3) is 0 Å². The van der Waals surface area contributed by atoms with Crippen molar-refractivity contribution in [1.82, 2.24) is 0 Å². The first kappa shape index (κ1) is 10.4. The maximum absolute atomic E-state index is 11.2. The van der Waals surface area contributed by atoms with Crippen LogP contribution in [0.25, 0.3) is 0 Å². The van der Waals surface area contributed by atoms with Gasteiger partial charge in [-0.1, -0.05) is 37.3 Å². The lowest BCUT2D eigenvalue weighted by molar-refractivity contribution is -0.117. The van der Waals surface area contributed by atoms with E-state index < -0.39 is 0 Å². The van der Waals surface area contributed by atoms with Crippen LogP contribution in [0.5, 0.6) is 0 Å². The van der Waals surface area contributed by atoms with Gasteiger partial charge in [0.2, 0.25) is 0 Å². The van der Waals surface area contributed by atoms with E-state index in [1.165, 1.54) is 5.56 Å². The fourth-order valence-corrected chi connectivity index (χ4v) is 2.51. The van der Waals surface area contributed by atoms with Crippen LogP contribution in [0.2, 0.25) is 0 Å². The molecule has 0 N–H and O–H groups in total. The third kappa shape index (κ3) is 2.68. The second kappa shape index (κ2) is 4.61. The van der Waals surface area contributed by atoms with Gasteiger partial charge in [0.15, 0.2) is 0 Å². The number of carbonyl (C=O) groups excluding carboxylic acids is 1. The molecule has 1 heteroatoms. The molecule has 1 aromatic carbocycles. The minimum atomic E-state index is 0.459. The van der Waals surface area contributed by atoms with Crippen molar-refractivity contribution in [2.24, 2.45) is 5.92 Å². The average molecular weight is 202 g/mol. The fraction of sp³-hybridized carbons (Fsp3) is 0.500. The van der Waals surface area contributed by atoms with E-state index in [4.69, 9.17) is 0 Å². The molecule has 0 bridgehead atoms. The van der Waals surface area contributed by atoms with E-state index in [1.807, 2.05) is 0 Å². The summed E-state index contributed by atoms with van der Waals surface area (Å²) in [6.45, 7) is 2.26. The minimum Gasteiger partial charge on any atom is -0.300 e. The molecule has 2 unspecified atom stereocenters. The van der Waals surface area contributed by atoms with Crippen LogP contribution >= 0.6 is 0 Å². The molecule has 0 aliphatic heterocycles. The molecule has 2 rings (SSSR count). The highest BCUT2D eigenvalue weighted by Crippen LogP contribution is 2.32. The minimum absolute atomic E-state index is 0.459. The van der Waals surface area contributed by atoms with Crippen molar-refractivity contribution in [1.29, 1.82) is 0 Å². The summed E-state index contributed by atoms with van der Waals surface area (Å²) in [5.74, 6) is 1.68. The van der Waals surface area contributed by atoms with Gasteiger partial charge in [0.05, 0.1) is 0 Å². The summed E-state index contributed by atoms with van der Waals surface area (Å²) in [6, 6.07) is 10.6. The Bertz CT molecular complexity index is 328. The third-order valence-corrected chi connectivity index (χ3v) is 3.40. The largest absolute Gasteiger partial charge is 0.300 e. The van der Waals surface area contributed by atoms with Crippen molar-refractivity contribution in [3.63, 3.8) is 0 Å². The molecule has 0 amide bonds. The first-order chi connectivity index (χ1) is 7.25. The monoisotopic (exact) mass is 202 g/mol. The van der Waals surface area contributed by atoms with Gasteiger partial charge in [0.1, 0.15) is 5.78 Å². The van der Waals surface area contributed by atoms with Crippen LogP contribution in [-0.2, 0) is 4.79 Å².